The van der Waals surface area contributed by atoms with E-state index in [0.29, 0.717) is 12.8 Å². The summed E-state index contributed by atoms with van der Waals surface area (Å²) in [5, 5.41) is 45.8. The fourth-order valence-corrected chi connectivity index (χ4v) is 3.70. The van der Waals surface area contributed by atoms with Gasteiger partial charge in [-0.3, -0.25) is 0 Å². The second-order valence-electron chi connectivity index (χ2n) is 7.61. The Kier molecular flexibility index (Phi) is 10.6. The monoisotopic (exact) mass is 440 g/mol. The van der Waals surface area contributed by atoms with Crippen LogP contribution in [0.3, 0.4) is 0 Å². The molecule has 6 heteroatoms. The first kappa shape index (κ1) is 25.3. The molecule has 0 aromatic heterocycles. The van der Waals surface area contributed by atoms with Crippen LogP contribution in [-0.4, -0.2) is 46.6 Å². The van der Waals surface area contributed by atoms with E-state index in [1.165, 1.54) is 0 Å². The second kappa shape index (κ2) is 13.5. The molecule has 0 atom stereocenters. The van der Waals surface area contributed by atoms with Crippen molar-refractivity contribution in [3.05, 3.63) is 70.8 Å². The molecule has 0 aliphatic rings. The largest absolute Gasteiger partial charge is 0.504 e. The minimum atomic E-state index is -0.0619. The molecule has 0 amide bonds. The molecule has 32 heavy (non-hydrogen) atoms. The van der Waals surface area contributed by atoms with Crippen molar-refractivity contribution in [2.24, 2.45) is 0 Å². The lowest BCUT2D eigenvalue weighted by molar-refractivity contribution is 0.399. The minimum absolute atomic E-state index is 0.00402. The summed E-state index contributed by atoms with van der Waals surface area (Å²) in [6, 6.07) is 6.82. The van der Waals surface area contributed by atoms with Gasteiger partial charge >= 0.3 is 0 Å². The average Bonchev–Trinajstić information content (AvgIpc) is 2.79. The van der Waals surface area contributed by atoms with Crippen LogP contribution in [0.5, 0.6) is 23.0 Å². The molecule has 2 aromatic carbocycles. The molecule has 6 N–H and O–H groups in total. The molecule has 0 radical (unpaired) electrons. The van der Waals surface area contributed by atoms with E-state index in [9.17, 15) is 20.4 Å². The van der Waals surface area contributed by atoms with Crippen LogP contribution < -0.4 is 10.6 Å². The van der Waals surface area contributed by atoms with Gasteiger partial charge in [0.15, 0.2) is 23.0 Å². The van der Waals surface area contributed by atoms with Crippen LogP contribution >= 0.6 is 0 Å². The Morgan fingerprint density at radius 2 is 1.06 bits per heavy atom. The molecule has 6 nitrogen and oxygen atoms in total. The van der Waals surface area contributed by atoms with E-state index < -0.39 is 0 Å². The van der Waals surface area contributed by atoms with Gasteiger partial charge in [-0.2, -0.15) is 0 Å². The standard InChI is InChI=1S/C26H36N2O4/c1-3-21-19(9-11-23(29)25(21)31)13-17-27-15-7-5-6-8-16-28-18-14-20-10-12-24(30)26(32)22(20)4-2/h5-12,27-32H,3-4,13-18H2,1-2H3/b7-5+,8-6+. The van der Waals surface area contributed by atoms with Crippen LogP contribution in [0, 0.1) is 0 Å². The number of hydrogen-bond donors (Lipinski definition) is 6. The number of benzene rings is 2. The molecule has 2 aromatic rings. The van der Waals surface area contributed by atoms with Gasteiger partial charge in [-0.05, 0) is 62.0 Å². The molecule has 0 aliphatic heterocycles. The molecule has 0 unspecified atom stereocenters. The van der Waals surface area contributed by atoms with Crippen molar-refractivity contribution < 1.29 is 20.4 Å². The summed E-state index contributed by atoms with van der Waals surface area (Å²) in [4.78, 5) is 0. The summed E-state index contributed by atoms with van der Waals surface area (Å²) in [7, 11) is 0. The van der Waals surface area contributed by atoms with Gasteiger partial charge in [0.2, 0.25) is 0 Å². The highest BCUT2D eigenvalue weighted by Gasteiger charge is 2.10. The topological polar surface area (TPSA) is 105 Å². The number of phenols is 4. The van der Waals surface area contributed by atoms with Gasteiger partial charge in [0.1, 0.15) is 0 Å². The third-order valence-corrected chi connectivity index (χ3v) is 5.47. The first-order valence-electron chi connectivity index (χ1n) is 11.3. The molecule has 0 fully saturated rings. The highest BCUT2D eigenvalue weighted by molar-refractivity contribution is 5.49. The zero-order valence-corrected chi connectivity index (χ0v) is 19.1. The summed E-state index contributed by atoms with van der Waals surface area (Å²) in [5.74, 6) is -0.132. The zero-order valence-electron chi connectivity index (χ0n) is 19.1. The van der Waals surface area contributed by atoms with Gasteiger partial charge in [-0.15, -0.1) is 0 Å². The second-order valence-corrected chi connectivity index (χ2v) is 7.61. The molecular weight excluding hydrogens is 404 g/mol. The molecule has 0 heterocycles. The molecule has 0 spiro atoms. The van der Waals surface area contributed by atoms with Gasteiger partial charge in [0, 0.05) is 24.2 Å². The quantitative estimate of drug-likeness (QED) is 0.161. The number of rotatable bonds is 13. The van der Waals surface area contributed by atoms with E-state index >= 15 is 0 Å². The van der Waals surface area contributed by atoms with Crippen molar-refractivity contribution in [1.29, 1.82) is 0 Å². The fraction of sp³-hybridized carbons (Fsp3) is 0.385. The Morgan fingerprint density at radius 3 is 1.44 bits per heavy atom. The van der Waals surface area contributed by atoms with Crippen LogP contribution in [0.2, 0.25) is 0 Å². The van der Waals surface area contributed by atoms with Crippen molar-refractivity contribution >= 4 is 0 Å². The zero-order chi connectivity index (χ0) is 23.3. The van der Waals surface area contributed by atoms with Crippen LogP contribution in [0.1, 0.15) is 36.1 Å². The van der Waals surface area contributed by atoms with Crippen molar-refractivity contribution in [2.45, 2.75) is 39.5 Å². The Morgan fingerprint density at radius 1 is 0.656 bits per heavy atom. The number of hydrogen-bond acceptors (Lipinski definition) is 6. The lowest BCUT2D eigenvalue weighted by atomic mass is 10.0. The van der Waals surface area contributed by atoms with Crippen LogP contribution in [0.15, 0.2) is 48.6 Å². The molecule has 0 bridgehead atoms. The third kappa shape index (κ3) is 7.32. The summed E-state index contributed by atoms with van der Waals surface area (Å²) in [5.41, 5.74) is 3.73. The molecule has 174 valence electrons. The molecule has 0 saturated heterocycles. The Balaban J connectivity index is 1.60. The number of aromatic hydroxyl groups is 4. The predicted molar refractivity (Wildman–Crippen MR) is 130 cm³/mol. The smallest absolute Gasteiger partial charge is 0.160 e. The number of nitrogens with one attached hydrogen (secondary N) is 2. The fourth-order valence-electron chi connectivity index (χ4n) is 3.70. The lowest BCUT2D eigenvalue weighted by Crippen LogP contribution is -2.18. The Labute approximate surface area is 190 Å². The summed E-state index contributed by atoms with van der Waals surface area (Å²) < 4.78 is 0. The first-order chi connectivity index (χ1) is 15.5. The summed E-state index contributed by atoms with van der Waals surface area (Å²) in [6.07, 6.45) is 11.1. The van der Waals surface area contributed by atoms with E-state index in [0.717, 1.165) is 61.3 Å². The van der Waals surface area contributed by atoms with E-state index in [-0.39, 0.29) is 23.0 Å². The van der Waals surface area contributed by atoms with Crippen LogP contribution in [0.4, 0.5) is 0 Å². The van der Waals surface area contributed by atoms with Crippen molar-refractivity contribution in [1.82, 2.24) is 10.6 Å². The SMILES string of the molecule is CCc1c(CCNC/C=C/C=C/CNCCc2ccc(O)c(O)c2CC)ccc(O)c1O. The number of phenolic OH excluding ortho intramolecular Hbond substituents is 4. The third-order valence-electron chi connectivity index (χ3n) is 5.47. The van der Waals surface area contributed by atoms with Crippen molar-refractivity contribution in [3.63, 3.8) is 0 Å². The summed E-state index contributed by atoms with van der Waals surface area (Å²) >= 11 is 0. The first-order valence-corrected chi connectivity index (χ1v) is 11.3. The normalized spacial score (nSPS) is 11.7. The number of allylic oxidation sites excluding steroid dienone is 2. The van der Waals surface area contributed by atoms with Crippen molar-refractivity contribution in [2.75, 3.05) is 26.2 Å². The lowest BCUT2D eigenvalue weighted by Gasteiger charge is -2.11. The highest BCUT2D eigenvalue weighted by Crippen LogP contribution is 2.32. The predicted octanol–water partition coefficient (Wildman–Crippen LogP) is 3.71. The Hall–Kier alpha value is -2.96. The highest BCUT2D eigenvalue weighted by atomic mass is 16.3. The molecular formula is C26H36N2O4. The minimum Gasteiger partial charge on any atom is -0.504 e. The van der Waals surface area contributed by atoms with Gasteiger partial charge in [0.05, 0.1) is 0 Å². The maximum Gasteiger partial charge on any atom is 0.160 e. The Bertz CT molecular complexity index is 847. The summed E-state index contributed by atoms with van der Waals surface area (Å²) in [6.45, 7) is 7.03. The van der Waals surface area contributed by atoms with E-state index in [1.807, 2.05) is 38.1 Å². The van der Waals surface area contributed by atoms with Gasteiger partial charge in [-0.25, -0.2) is 0 Å². The van der Waals surface area contributed by atoms with E-state index in [4.69, 9.17) is 0 Å². The van der Waals surface area contributed by atoms with Crippen LogP contribution in [0.25, 0.3) is 0 Å². The molecule has 2 rings (SSSR count). The maximum atomic E-state index is 9.94. The van der Waals surface area contributed by atoms with Gasteiger partial charge in [0.25, 0.3) is 0 Å². The molecule has 0 aliphatic carbocycles. The molecule has 0 saturated carbocycles. The maximum absolute atomic E-state index is 9.94. The van der Waals surface area contributed by atoms with E-state index in [2.05, 4.69) is 22.8 Å². The van der Waals surface area contributed by atoms with Gasteiger partial charge in [-0.1, -0.05) is 50.3 Å². The van der Waals surface area contributed by atoms with Crippen LogP contribution in [-0.2, 0) is 25.7 Å². The van der Waals surface area contributed by atoms with E-state index in [1.54, 1.807) is 12.1 Å². The van der Waals surface area contributed by atoms with Gasteiger partial charge < -0.3 is 31.1 Å². The van der Waals surface area contributed by atoms with Crippen molar-refractivity contribution in [3.8, 4) is 23.0 Å². The average molecular weight is 441 g/mol.